The number of nitrogens with two attached hydrogens (primary N) is 1. The number of nitrogens with zero attached hydrogens (tertiary/aromatic N) is 1. The van der Waals surface area contributed by atoms with Gasteiger partial charge >= 0.3 is 0 Å². The summed E-state index contributed by atoms with van der Waals surface area (Å²) in [7, 11) is 1.58. The first kappa shape index (κ1) is 15.6. The second-order valence-electron chi connectivity index (χ2n) is 5.49. The number of carbonyl (C=O) groups is 1. The summed E-state index contributed by atoms with van der Waals surface area (Å²) < 4.78 is 11.1. The van der Waals surface area contributed by atoms with Crippen LogP contribution in [-0.2, 0) is 4.79 Å². The number of methoxy groups -OCH3 is 1. The highest BCUT2D eigenvalue weighted by Crippen LogP contribution is 2.30. The van der Waals surface area contributed by atoms with Gasteiger partial charge in [0.25, 0.3) is 5.91 Å². The van der Waals surface area contributed by atoms with Gasteiger partial charge in [0.05, 0.1) is 7.11 Å². The molecule has 1 aliphatic rings. The fourth-order valence-electron chi connectivity index (χ4n) is 2.50. The van der Waals surface area contributed by atoms with Crippen molar-refractivity contribution in [1.29, 1.82) is 0 Å². The van der Waals surface area contributed by atoms with Crippen LogP contribution < -0.4 is 15.2 Å². The monoisotopic (exact) mass is 292 g/mol. The maximum absolute atomic E-state index is 12.3. The predicted octanol–water partition coefficient (Wildman–Crippen LogP) is 2.10. The summed E-state index contributed by atoms with van der Waals surface area (Å²) in [6, 6.07) is 5.49. The molecular formula is C16H24N2O3. The van der Waals surface area contributed by atoms with Crippen LogP contribution in [0.4, 0.5) is 0 Å². The van der Waals surface area contributed by atoms with Crippen LogP contribution in [0.2, 0.25) is 0 Å². The molecule has 0 aromatic heterocycles. The number of rotatable bonds is 5. The van der Waals surface area contributed by atoms with Crippen LogP contribution in [0.5, 0.6) is 11.5 Å². The molecule has 2 atom stereocenters. The lowest BCUT2D eigenvalue weighted by Crippen LogP contribution is -2.38. The largest absolute Gasteiger partial charge is 0.493 e. The molecule has 0 saturated carbocycles. The third-order valence-corrected chi connectivity index (χ3v) is 3.78. The number of likely N-dealkylation sites (tertiary alicyclic amines) is 1. The fourth-order valence-corrected chi connectivity index (χ4v) is 2.50. The van der Waals surface area contributed by atoms with E-state index in [1.165, 1.54) is 0 Å². The second kappa shape index (κ2) is 6.80. The molecule has 116 valence electrons. The van der Waals surface area contributed by atoms with Crippen LogP contribution in [0.1, 0.15) is 38.3 Å². The summed E-state index contributed by atoms with van der Waals surface area (Å²) in [5.74, 6) is 1.21. The first-order valence-electron chi connectivity index (χ1n) is 7.42. The molecule has 1 heterocycles. The van der Waals surface area contributed by atoms with Crippen LogP contribution >= 0.6 is 0 Å². The molecule has 1 amide bonds. The van der Waals surface area contributed by atoms with Gasteiger partial charge < -0.3 is 20.1 Å². The van der Waals surface area contributed by atoms with Crippen molar-refractivity contribution < 1.29 is 14.3 Å². The van der Waals surface area contributed by atoms with E-state index in [0.717, 1.165) is 31.5 Å². The zero-order valence-corrected chi connectivity index (χ0v) is 13.0. The van der Waals surface area contributed by atoms with E-state index in [2.05, 4.69) is 0 Å². The van der Waals surface area contributed by atoms with Gasteiger partial charge in [-0.25, -0.2) is 0 Å². The van der Waals surface area contributed by atoms with Gasteiger partial charge in [-0.1, -0.05) is 6.07 Å². The minimum Gasteiger partial charge on any atom is -0.493 e. The minimum atomic E-state index is -0.516. The summed E-state index contributed by atoms with van der Waals surface area (Å²) in [6.07, 6.45) is 1.63. The maximum atomic E-state index is 12.3. The van der Waals surface area contributed by atoms with Crippen molar-refractivity contribution in [1.82, 2.24) is 4.90 Å². The van der Waals surface area contributed by atoms with Gasteiger partial charge in [-0.3, -0.25) is 4.79 Å². The Morgan fingerprint density at radius 1 is 1.24 bits per heavy atom. The molecule has 0 radical (unpaired) electrons. The van der Waals surface area contributed by atoms with Crippen LogP contribution in [0.25, 0.3) is 0 Å². The van der Waals surface area contributed by atoms with Crippen molar-refractivity contribution in [3.63, 3.8) is 0 Å². The van der Waals surface area contributed by atoms with Crippen molar-refractivity contribution in [3.8, 4) is 11.5 Å². The smallest absolute Gasteiger partial charge is 0.263 e. The molecule has 2 N–H and O–H groups in total. The van der Waals surface area contributed by atoms with E-state index in [9.17, 15) is 4.79 Å². The summed E-state index contributed by atoms with van der Waals surface area (Å²) in [5.41, 5.74) is 6.83. The minimum absolute atomic E-state index is 0.0332. The zero-order valence-electron chi connectivity index (χ0n) is 13.0. The Labute approximate surface area is 126 Å². The van der Waals surface area contributed by atoms with E-state index in [0.29, 0.717) is 11.5 Å². The summed E-state index contributed by atoms with van der Waals surface area (Å²) in [4.78, 5) is 14.1. The van der Waals surface area contributed by atoms with Gasteiger partial charge in [0.2, 0.25) is 0 Å². The topological polar surface area (TPSA) is 64.8 Å². The van der Waals surface area contributed by atoms with Crippen LogP contribution in [-0.4, -0.2) is 37.1 Å². The maximum Gasteiger partial charge on any atom is 0.263 e. The van der Waals surface area contributed by atoms with E-state index in [-0.39, 0.29) is 11.9 Å². The summed E-state index contributed by atoms with van der Waals surface area (Å²) in [5, 5.41) is 0. The van der Waals surface area contributed by atoms with Gasteiger partial charge in [0.15, 0.2) is 17.6 Å². The van der Waals surface area contributed by atoms with Crippen molar-refractivity contribution >= 4 is 5.91 Å². The molecule has 0 aliphatic carbocycles. The highest BCUT2D eigenvalue weighted by Gasteiger charge is 2.25. The Bertz CT molecular complexity index is 496. The first-order valence-corrected chi connectivity index (χ1v) is 7.42. The van der Waals surface area contributed by atoms with Crippen LogP contribution in [0.15, 0.2) is 18.2 Å². The summed E-state index contributed by atoms with van der Waals surface area (Å²) >= 11 is 0. The molecule has 5 nitrogen and oxygen atoms in total. The van der Waals surface area contributed by atoms with E-state index >= 15 is 0 Å². The predicted molar refractivity (Wildman–Crippen MR) is 81.5 cm³/mol. The Hall–Kier alpha value is -1.75. The Kier molecular flexibility index (Phi) is 5.07. The van der Waals surface area contributed by atoms with Crippen molar-refractivity contribution in [2.75, 3.05) is 20.2 Å². The lowest BCUT2D eigenvalue weighted by molar-refractivity contribution is -0.136. The number of benzene rings is 1. The van der Waals surface area contributed by atoms with Crippen molar-refractivity contribution in [2.24, 2.45) is 5.73 Å². The van der Waals surface area contributed by atoms with Gasteiger partial charge in [0, 0.05) is 19.1 Å². The van der Waals surface area contributed by atoms with Gasteiger partial charge in [0.1, 0.15) is 0 Å². The van der Waals surface area contributed by atoms with E-state index < -0.39 is 6.10 Å². The Balaban J connectivity index is 2.09. The highest BCUT2D eigenvalue weighted by molar-refractivity contribution is 5.81. The van der Waals surface area contributed by atoms with Crippen LogP contribution in [0, 0.1) is 0 Å². The molecule has 1 saturated heterocycles. The number of amides is 1. The lowest BCUT2D eigenvalue weighted by Gasteiger charge is -2.22. The molecule has 1 fully saturated rings. The molecule has 0 spiro atoms. The number of carbonyl (C=O) groups excluding carboxylic acids is 1. The molecule has 1 unspecified atom stereocenters. The Morgan fingerprint density at radius 3 is 2.48 bits per heavy atom. The first-order chi connectivity index (χ1) is 10.0. The third kappa shape index (κ3) is 3.67. The second-order valence-corrected chi connectivity index (χ2v) is 5.49. The molecule has 1 aromatic rings. The number of hydrogen-bond donors (Lipinski definition) is 1. The number of ether oxygens (including phenoxy) is 2. The third-order valence-electron chi connectivity index (χ3n) is 3.78. The molecule has 1 aromatic carbocycles. The molecular weight excluding hydrogens is 268 g/mol. The van der Waals surface area contributed by atoms with Crippen molar-refractivity contribution in [2.45, 2.75) is 38.8 Å². The molecule has 0 bridgehead atoms. The Morgan fingerprint density at radius 2 is 1.90 bits per heavy atom. The summed E-state index contributed by atoms with van der Waals surface area (Å²) in [6.45, 7) is 5.34. The normalized spacial score (nSPS) is 17.4. The van der Waals surface area contributed by atoms with Gasteiger partial charge in [-0.15, -0.1) is 0 Å². The fraction of sp³-hybridized carbons (Fsp3) is 0.562. The van der Waals surface area contributed by atoms with E-state index in [1.54, 1.807) is 14.0 Å². The number of hydrogen-bond acceptors (Lipinski definition) is 4. The molecule has 5 heteroatoms. The average molecular weight is 292 g/mol. The van der Waals surface area contributed by atoms with E-state index in [4.69, 9.17) is 15.2 Å². The van der Waals surface area contributed by atoms with Gasteiger partial charge in [-0.2, -0.15) is 0 Å². The quantitative estimate of drug-likeness (QED) is 0.902. The van der Waals surface area contributed by atoms with Crippen molar-refractivity contribution in [3.05, 3.63) is 23.8 Å². The lowest BCUT2D eigenvalue weighted by atomic mass is 10.1. The molecule has 1 aliphatic heterocycles. The van der Waals surface area contributed by atoms with Gasteiger partial charge in [-0.05, 0) is 44.4 Å². The molecule has 21 heavy (non-hydrogen) atoms. The highest BCUT2D eigenvalue weighted by atomic mass is 16.5. The average Bonchev–Trinajstić information content (AvgIpc) is 3.00. The molecule has 2 rings (SSSR count). The van der Waals surface area contributed by atoms with Crippen LogP contribution in [0.3, 0.4) is 0 Å². The standard InChI is InChI=1S/C16H24N2O3/c1-11(17)13-6-7-14(15(10-13)20-3)21-12(2)16(19)18-8-4-5-9-18/h6-7,10-12H,4-5,8-9,17H2,1-3H3/t11-,12?/m0/s1. The zero-order chi connectivity index (χ0) is 15.4. The SMILES string of the molecule is COc1cc([C@H](C)N)ccc1OC(C)C(=O)N1CCCC1. The van der Waals surface area contributed by atoms with E-state index in [1.807, 2.05) is 30.0 Å².